The Morgan fingerprint density at radius 1 is 0.552 bits per heavy atom. The first-order chi connectivity index (χ1) is 28.5. The molecule has 0 saturated heterocycles. The van der Waals surface area contributed by atoms with Crippen molar-refractivity contribution < 1.29 is 25.6 Å². The fourth-order valence-corrected chi connectivity index (χ4v) is 11.6. The van der Waals surface area contributed by atoms with Crippen molar-refractivity contribution in [3.63, 3.8) is 0 Å². The van der Waals surface area contributed by atoms with Crippen molar-refractivity contribution >= 4 is 65.6 Å². The first-order valence-corrected chi connectivity index (χ1v) is 22.9. The standard InChI is InChI=1S/C53H35IN3O/c1-53(2)42-16-8-4-14-38(42)49-43(53)25-23-36-34-12-5-9-17-45(34)57(51(36)49)33-22-26-44(54-3)41(29-33)40-28-32(21-20-31(40)30-55)56-46-18-10-6-15-39(46)50-47(56)27-24-37-35-13-7-11-19-48(35)58-52(37)50/h4-29H,1-3H3/q-1. The number of nitrogens with zero attached hydrogens (tertiary/aromatic N) is 3. The topological polar surface area (TPSA) is 46.8 Å². The second-order valence-electron chi connectivity index (χ2n) is 15.9. The molecule has 1 aliphatic carbocycles. The molecule has 0 unspecified atom stereocenters. The number of rotatable bonds is 4. The molecule has 0 amide bonds. The Bertz CT molecular complexity index is 3610. The van der Waals surface area contributed by atoms with Gasteiger partial charge in [-0.25, -0.2) is 0 Å². The molecular weight excluding hydrogens is 822 g/mol. The molecule has 5 heteroatoms. The van der Waals surface area contributed by atoms with Gasteiger partial charge in [0.2, 0.25) is 0 Å². The van der Waals surface area contributed by atoms with Crippen LogP contribution in [0.5, 0.6) is 0 Å². The molecule has 0 N–H and O–H groups in total. The number of nitriles is 1. The first kappa shape index (κ1) is 33.5. The van der Waals surface area contributed by atoms with Gasteiger partial charge in [-0.15, -0.1) is 0 Å². The van der Waals surface area contributed by atoms with Gasteiger partial charge in [0, 0.05) is 0 Å². The number of halogens is 1. The van der Waals surface area contributed by atoms with Crippen molar-refractivity contribution in [3.05, 3.63) is 178 Å². The van der Waals surface area contributed by atoms with Crippen molar-refractivity contribution in [2.45, 2.75) is 19.3 Å². The van der Waals surface area contributed by atoms with E-state index >= 15 is 0 Å². The Balaban J connectivity index is 1.12. The molecule has 58 heavy (non-hydrogen) atoms. The Kier molecular flexibility index (Phi) is 7.04. The van der Waals surface area contributed by atoms with E-state index in [-0.39, 0.29) is 26.6 Å². The average molecular weight is 857 g/mol. The third kappa shape index (κ3) is 4.44. The second-order valence-corrected chi connectivity index (χ2v) is 18.1. The predicted octanol–water partition coefficient (Wildman–Crippen LogP) is 10.5. The molecule has 276 valence electrons. The van der Waals surface area contributed by atoms with Gasteiger partial charge in [0.05, 0.1) is 0 Å². The predicted molar refractivity (Wildman–Crippen MR) is 235 cm³/mol. The van der Waals surface area contributed by atoms with Gasteiger partial charge in [-0.3, -0.25) is 0 Å². The number of aromatic nitrogens is 2. The number of hydrogen-bond donors (Lipinski definition) is 0. The molecule has 0 radical (unpaired) electrons. The molecule has 3 heterocycles. The molecule has 0 aliphatic heterocycles. The van der Waals surface area contributed by atoms with Crippen LogP contribution in [-0.4, -0.2) is 14.1 Å². The van der Waals surface area contributed by atoms with Gasteiger partial charge < -0.3 is 0 Å². The van der Waals surface area contributed by atoms with E-state index in [1.807, 2.05) is 18.2 Å². The van der Waals surface area contributed by atoms with E-state index in [4.69, 9.17) is 4.42 Å². The normalized spacial score (nSPS) is 13.3. The Morgan fingerprint density at radius 3 is 2.05 bits per heavy atom. The maximum absolute atomic E-state index is 10.7. The van der Waals surface area contributed by atoms with Crippen molar-refractivity contribution in [1.29, 1.82) is 5.26 Å². The van der Waals surface area contributed by atoms with Gasteiger partial charge in [-0.05, 0) is 0 Å². The zero-order chi connectivity index (χ0) is 38.9. The van der Waals surface area contributed by atoms with Crippen LogP contribution in [0, 0.1) is 14.9 Å². The summed E-state index contributed by atoms with van der Waals surface area (Å²) in [7, 11) is 0. The Hall–Kier alpha value is -6.62. The van der Waals surface area contributed by atoms with Crippen LogP contribution in [0.2, 0.25) is 0 Å². The summed E-state index contributed by atoms with van der Waals surface area (Å²) in [6.45, 7) is 4.70. The Labute approximate surface area is 345 Å². The van der Waals surface area contributed by atoms with E-state index < -0.39 is 0 Å². The number of furan rings is 1. The van der Waals surface area contributed by atoms with Crippen LogP contribution >= 0.6 is 0 Å². The zero-order valence-electron chi connectivity index (χ0n) is 32.1. The summed E-state index contributed by atoms with van der Waals surface area (Å²) >= 11 is -0.333. The van der Waals surface area contributed by atoms with Gasteiger partial charge in [0.1, 0.15) is 0 Å². The molecule has 0 saturated carbocycles. The summed E-state index contributed by atoms with van der Waals surface area (Å²) in [6, 6.07) is 59.5. The van der Waals surface area contributed by atoms with Crippen LogP contribution in [0.1, 0.15) is 30.5 Å². The molecule has 11 aromatic rings. The molecule has 8 aromatic carbocycles. The number of alkyl halides is 1. The molecule has 0 atom stereocenters. The minimum absolute atomic E-state index is 0.117. The summed E-state index contributed by atoms with van der Waals surface area (Å²) < 4.78 is 12.7. The van der Waals surface area contributed by atoms with Crippen LogP contribution < -0.4 is 21.2 Å². The number of fused-ring (bicyclic) bond motifs is 14. The zero-order valence-corrected chi connectivity index (χ0v) is 34.3. The molecule has 3 aromatic heterocycles. The van der Waals surface area contributed by atoms with Gasteiger partial charge in [0.25, 0.3) is 0 Å². The molecule has 12 rings (SSSR count). The summed E-state index contributed by atoms with van der Waals surface area (Å²) in [5.41, 5.74) is 16.4. The van der Waals surface area contributed by atoms with E-state index in [1.165, 1.54) is 47.6 Å². The summed E-state index contributed by atoms with van der Waals surface area (Å²) in [5.74, 6) is 0. The van der Waals surface area contributed by atoms with Crippen LogP contribution in [0.4, 0.5) is 0 Å². The van der Waals surface area contributed by atoms with Gasteiger partial charge >= 0.3 is 335 Å². The van der Waals surface area contributed by atoms with Gasteiger partial charge in [-0.2, -0.15) is 0 Å². The first-order valence-electron chi connectivity index (χ1n) is 19.6. The monoisotopic (exact) mass is 856 g/mol. The fraction of sp³-hybridized carbons (Fsp3) is 0.0755. The number of benzene rings is 8. The summed E-state index contributed by atoms with van der Waals surface area (Å²) in [6.07, 6.45) is 0. The minimum atomic E-state index is -0.333. The fourth-order valence-electron chi connectivity index (χ4n) is 10.0. The maximum atomic E-state index is 10.7. The van der Waals surface area contributed by atoms with E-state index in [9.17, 15) is 5.26 Å². The number of para-hydroxylation sites is 3. The average Bonchev–Trinajstić information content (AvgIpc) is 3.98. The molecule has 0 bridgehead atoms. The quantitative estimate of drug-likeness (QED) is 0.131. The molecule has 0 fully saturated rings. The number of hydrogen-bond acceptors (Lipinski definition) is 2. The molecular formula is C53H35IN3O-. The van der Waals surface area contributed by atoms with E-state index in [0.29, 0.717) is 5.56 Å². The molecule has 0 spiro atoms. The van der Waals surface area contributed by atoms with Crippen molar-refractivity contribution in [1.82, 2.24) is 9.13 Å². The third-order valence-corrected chi connectivity index (χ3v) is 14.7. The molecule has 4 nitrogen and oxygen atoms in total. The van der Waals surface area contributed by atoms with Crippen LogP contribution in [0.3, 0.4) is 0 Å². The third-order valence-electron chi connectivity index (χ3n) is 12.6. The molecule has 1 aliphatic rings. The Morgan fingerprint density at radius 2 is 1.22 bits per heavy atom. The second kappa shape index (κ2) is 12.2. The van der Waals surface area contributed by atoms with Crippen LogP contribution in [-0.2, 0) is 5.41 Å². The van der Waals surface area contributed by atoms with Crippen LogP contribution in [0.25, 0.3) is 99.2 Å². The summed E-state index contributed by atoms with van der Waals surface area (Å²) in [4.78, 5) is 2.31. The van der Waals surface area contributed by atoms with Gasteiger partial charge in [-0.1, -0.05) is 12.1 Å². The van der Waals surface area contributed by atoms with Crippen molar-refractivity contribution in [3.8, 4) is 39.7 Å². The summed E-state index contributed by atoms with van der Waals surface area (Å²) in [5, 5.41) is 17.7. The van der Waals surface area contributed by atoms with Crippen molar-refractivity contribution in [2.24, 2.45) is 0 Å². The SMILES string of the molecule is C[I-]c1ccc(-n2c3ccccc3c3ccc4c(c32)-c2ccccc2C4(C)C)cc1-c1cc(-n2c3ccccc3c3c4oc5ccccc5c4ccc32)ccc1C#N. The van der Waals surface area contributed by atoms with Crippen molar-refractivity contribution in [2.75, 3.05) is 4.93 Å². The van der Waals surface area contributed by atoms with E-state index in [0.717, 1.165) is 66.2 Å². The van der Waals surface area contributed by atoms with E-state index in [2.05, 4.69) is 174 Å². The van der Waals surface area contributed by atoms with Gasteiger partial charge in [0.15, 0.2) is 0 Å². The van der Waals surface area contributed by atoms with E-state index in [1.54, 1.807) is 0 Å². The van der Waals surface area contributed by atoms with Crippen LogP contribution in [0.15, 0.2) is 162 Å².